The Hall–Kier alpha value is -0.730. The van der Waals surface area contributed by atoms with E-state index in [4.69, 9.17) is 0 Å². The second-order valence-electron chi connectivity index (χ2n) is 2.55. The van der Waals surface area contributed by atoms with E-state index >= 15 is 0 Å². The van der Waals surface area contributed by atoms with E-state index in [9.17, 15) is 0 Å². The smallest absolute Gasteiger partial charge is 0.136 e. The highest BCUT2D eigenvalue weighted by Gasteiger charge is 1.95. The van der Waals surface area contributed by atoms with Crippen molar-refractivity contribution in [3.63, 3.8) is 0 Å². The second kappa shape index (κ2) is 5.10. The maximum atomic E-state index is 4.39. The standard InChI is InChI=1S/C9H10N2.2ClH/c1-2-8-7-11-6-4-3-5-9(11)10-8;;/h3-7H,2H2,1H3;2*1H. The number of pyridine rings is 1. The first-order chi connectivity index (χ1) is 5.40. The summed E-state index contributed by atoms with van der Waals surface area (Å²) in [5.74, 6) is 0. The minimum atomic E-state index is 0. The molecule has 0 radical (unpaired) electrons. The fourth-order valence-corrected chi connectivity index (χ4v) is 1.16. The van der Waals surface area contributed by atoms with Crippen LogP contribution in [0.5, 0.6) is 0 Å². The average molecular weight is 219 g/mol. The molecule has 0 fully saturated rings. The van der Waals surface area contributed by atoms with Gasteiger partial charge in [-0.05, 0) is 18.6 Å². The first-order valence-electron chi connectivity index (χ1n) is 3.83. The predicted octanol–water partition coefficient (Wildman–Crippen LogP) is 2.74. The van der Waals surface area contributed by atoms with E-state index in [2.05, 4.69) is 18.1 Å². The van der Waals surface area contributed by atoms with Crippen molar-refractivity contribution in [3.05, 3.63) is 36.3 Å². The normalized spacial score (nSPS) is 9.00. The van der Waals surface area contributed by atoms with Gasteiger partial charge >= 0.3 is 0 Å². The molecule has 0 aromatic carbocycles. The van der Waals surface area contributed by atoms with Crippen LogP contribution in [0.15, 0.2) is 30.6 Å². The van der Waals surface area contributed by atoms with Crippen molar-refractivity contribution < 1.29 is 0 Å². The average Bonchev–Trinajstić information content (AvgIpc) is 2.46. The van der Waals surface area contributed by atoms with E-state index in [0.717, 1.165) is 17.8 Å². The van der Waals surface area contributed by atoms with Gasteiger partial charge < -0.3 is 4.40 Å². The Labute approximate surface area is 89.8 Å². The molecular weight excluding hydrogens is 207 g/mol. The Morgan fingerprint density at radius 2 is 2.08 bits per heavy atom. The van der Waals surface area contributed by atoms with E-state index in [1.54, 1.807) is 0 Å². The quantitative estimate of drug-likeness (QED) is 0.720. The van der Waals surface area contributed by atoms with Gasteiger partial charge in [0.15, 0.2) is 0 Å². The summed E-state index contributed by atoms with van der Waals surface area (Å²) >= 11 is 0. The van der Waals surface area contributed by atoms with Crippen molar-refractivity contribution in [1.29, 1.82) is 0 Å². The van der Waals surface area contributed by atoms with Crippen molar-refractivity contribution in [3.8, 4) is 0 Å². The van der Waals surface area contributed by atoms with Gasteiger partial charge in [0.2, 0.25) is 0 Å². The lowest BCUT2D eigenvalue weighted by atomic mass is 10.4. The number of hydrogen-bond donors (Lipinski definition) is 0. The molecular formula is C9H12Cl2N2. The van der Waals surface area contributed by atoms with Crippen molar-refractivity contribution in [1.82, 2.24) is 9.38 Å². The van der Waals surface area contributed by atoms with Crippen LogP contribution in [0.2, 0.25) is 0 Å². The van der Waals surface area contributed by atoms with Gasteiger partial charge in [-0.25, -0.2) is 4.98 Å². The molecule has 2 rings (SSSR count). The number of nitrogens with zero attached hydrogens (tertiary/aromatic N) is 2. The predicted molar refractivity (Wildman–Crippen MR) is 59.1 cm³/mol. The third kappa shape index (κ3) is 2.36. The van der Waals surface area contributed by atoms with Crippen molar-refractivity contribution in [2.24, 2.45) is 0 Å². The van der Waals surface area contributed by atoms with Gasteiger partial charge in [0.25, 0.3) is 0 Å². The minimum absolute atomic E-state index is 0. The van der Waals surface area contributed by atoms with Gasteiger partial charge in [-0.1, -0.05) is 13.0 Å². The summed E-state index contributed by atoms with van der Waals surface area (Å²) in [5.41, 5.74) is 2.18. The molecule has 0 N–H and O–H groups in total. The second-order valence-corrected chi connectivity index (χ2v) is 2.55. The van der Waals surface area contributed by atoms with Crippen molar-refractivity contribution in [2.75, 3.05) is 0 Å². The lowest BCUT2D eigenvalue weighted by Crippen LogP contribution is -1.77. The topological polar surface area (TPSA) is 17.3 Å². The Balaban J connectivity index is 0.000000720. The molecule has 0 aliphatic heterocycles. The molecule has 2 aromatic rings. The van der Waals surface area contributed by atoms with Gasteiger partial charge in [0, 0.05) is 12.4 Å². The fourth-order valence-electron chi connectivity index (χ4n) is 1.16. The van der Waals surface area contributed by atoms with Gasteiger partial charge in [-0.2, -0.15) is 0 Å². The molecule has 72 valence electrons. The third-order valence-electron chi connectivity index (χ3n) is 1.78. The largest absolute Gasteiger partial charge is 0.307 e. The number of halogens is 2. The van der Waals surface area contributed by atoms with Gasteiger partial charge in [-0.3, -0.25) is 0 Å². The first-order valence-corrected chi connectivity index (χ1v) is 3.83. The maximum Gasteiger partial charge on any atom is 0.136 e. The molecule has 0 amide bonds. The molecule has 0 aliphatic rings. The molecule has 0 saturated heterocycles. The molecule has 0 saturated carbocycles. The highest BCUT2D eigenvalue weighted by atomic mass is 35.5. The summed E-state index contributed by atoms with van der Waals surface area (Å²) in [4.78, 5) is 4.39. The van der Waals surface area contributed by atoms with Crippen LogP contribution in [0.1, 0.15) is 12.6 Å². The van der Waals surface area contributed by atoms with Crippen LogP contribution in [0.3, 0.4) is 0 Å². The van der Waals surface area contributed by atoms with Crippen LogP contribution in [0.4, 0.5) is 0 Å². The molecule has 0 spiro atoms. The summed E-state index contributed by atoms with van der Waals surface area (Å²) in [6.07, 6.45) is 5.08. The maximum absolute atomic E-state index is 4.39. The van der Waals surface area contributed by atoms with Crippen LogP contribution in [-0.2, 0) is 6.42 Å². The van der Waals surface area contributed by atoms with Crippen LogP contribution in [0.25, 0.3) is 5.65 Å². The summed E-state index contributed by atoms with van der Waals surface area (Å²) in [7, 11) is 0. The zero-order valence-electron chi connectivity index (χ0n) is 7.30. The van der Waals surface area contributed by atoms with Gasteiger partial charge in [0.1, 0.15) is 5.65 Å². The highest BCUT2D eigenvalue weighted by Crippen LogP contribution is 2.03. The van der Waals surface area contributed by atoms with Crippen LogP contribution >= 0.6 is 24.8 Å². The first kappa shape index (κ1) is 12.3. The van der Waals surface area contributed by atoms with Crippen LogP contribution < -0.4 is 0 Å². The molecule has 2 nitrogen and oxygen atoms in total. The number of rotatable bonds is 1. The lowest BCUT2D eigenvalue weighted by molar-refractivity contribution is 1.07. The van der Waals surface area contributed by atoms with Crippen LogP contribution in [0, 0.1) is 0 Å². The monoisotopic (exact) mass is 218 g/mol. The molecule has 2 heterocycles. The molecule has 0 atom stereocenters. The lowest BCUT2D eigenvalue weighted by Gasteiger charge is -1.86. The van der Waals surface area contributed by atoms with E-state index in [0.29, 0.717) is 0 Å². The SMILES string of the molecule is CCc1cn2ccccc2n1.Cl.Cl. The summed E-state index contributed by atoms with van der Waals surface area (Å²) in [5, 5.41) is 0. The zero-order valence-corrected chi connectivity index (χ0v) is 8.94. The Morgan fingerprint density at radius 1 is 1.31 bits per heavy atom. The summed E-state index contributed by atoms with van der Waals surface area (Å²) < 4.78 is 2.04. The summed E-state index contributed by atoms with van der Waals surface area (Å²) in [6.45, 7) is 2.11. The Kier molecular flexibility index (Phi) is 4.81. The fraction of sp³-hybridized carbons (Fsp3) is 0.222. The number of fused-ring (bicyclic) bond motifs is 1. The zero-order chi connectivity index (χ0) is 7.68. The Bertz CT molecular complexity index is 337. The summed E-state index contributed by atoms with van der Waals surface area (Å²) in [6, 6.07) is 6.02. The van der Waals surface area contributed by atoms with E-state index in [1.807, 2.05) is 28.8 Å². The number of imidazole rings is 1. The van der Waals surface area contributed by atoms with Gasteiger partial charge in [-0.15, -0.1) is 24.8 Å². The molecule has 2 aromatic heterocycles. The minimum Gasteiger partial charge on any atom is -0.307 e. The molecule has 13 heavy (non-hydrogen) atoms. The molecule has 0 aliphatic carbocycles. The molecule has 0 bridgehead atoms. The van der Waals surface area contributed by atoms with Crippen molar-refractivity contribution >= 4 is 30.5 Å². The number of aromatic nitrogens is 2. The van der Waals surface area contributed by atoms with Gasteiger partial charge in [0.05, 0.1) is 5.69 Å². The van der Waals surface area contributed by atoms with Crippen molar-refractivity contribution in [2.45, 2.75) is 13.3 Å². The highest BCUT2D eigenvalue weighted by molar-refractivity contribution is 5.85. The van der Waals surface area contributed by atoms with Crippen LogP contribution in [-0.4, -0.2) is 9.38 Å². The van der Waals surface area contributed by atoms with E-state index < -0.39 is 0 Å². The van der Waals surface area contributed by atoms with E-state index in [1.165, 1.54) is 0 Å². The molecule has 4 heteroatoms. The number of hydrogen-bond acceptors (Lipinski definition) is 1. The van der Waals surface area contributed by atoms with E-state index in [-0.39, 0.29) is 24.8 Å². The molecule has 0 unspecified atom stereocenters. The Morgan fingerprint density at radius 3 is 2.69 bits per heavy atom. The number of aryl methyl sites for hydroxylation is 1. The third-order valence-corrected chi connectivity index (χ3v) is 1.78.